The van der Waals surface area contributed by atoms with Crippen LogP contribution in [-0.2, 0) is 20.7 Å². The van der Waals surface area contributed by atoms with E-state index in [9.17, 15) is 4.79 Å². The molecule has 4 nitrogen and oxygen atoms in total. The Hall–Kier alpha value is -1.39. The highest BCUT2D eigenvalue weighted by Crippen LogP contribution is 2.70. The van der Waals surface area contributed by atoms with Gasteiger partial charge in [-0.2, -0.15) is 0 Å². The summed E-state index contributed by atoms with van der Waals surface area (Å²) in [6, 6.07) is 10.9. The van der Waals surface area contributed by atoms with Crippen LogP contribution in [0, 0.1) is 29.1 Å². The molecule has 0 bridgehead atoms. The third-order valence-corrected chi connectivity index (χ3v) is 9.72. The summed E-state index contributed by atoms with van der Waals surface area (Å²) >= 11 is 0. The second-order valence-corrected chi connectivity index (χ2v) is 11.5. The molecular formula is C27H37NO3. The monoisotopic (exact) mass is 423 g/mol. The van der Waals surface area contributed by atoms with Gasteiger partial charge in [0, 0.05) is 17.9 Å². The number of esters is 1. The molecule has 2 saturated carbocycles. The molecule has 3 heterocycles. The molecule has 1 aromatic carbocycles. The van der Waals surface area contributed by atoms with E-state index < -0.39 is 0 Å². The van der Waals surface area contributed by atoms with Gasteiger partial charge in [0.05, 0.1) is 12.0 Å². The molecule has 4 heteroatoms. The molecule has 1 spiro atoms. The van der Waals surface area contributed by atoms with E-state index in [1.54, 1.807) is 0 Å². The lowest BCUT2D eigenvalue weighted by Crippen LogP contribution is -2.54. The van der Waals surface area contributed by atoms with Gasteiger partial charge in [-0.05, 0) is 69.0 Å². The molecule has 0 amide bonds. The zero-order valence-corrected chi connectivity index (χ0v) is 19.1. The second kappa shape index (κ2) is 7.31. The van der Waals surface area contributed by atoms with E-state index in [4.69, 9.17) is 9.47 Å². The van der Waals surface area contributed by atoms with E-state index >= 15 is 0 Å². The third kappa shape index (κ3) is 3.12. The predicted molar refractivity (Wildman–Crippen MR) is 120 cm³/mol. The largest absolute Gasteiger partial charge is 0.462 e. The second-order valence-electron chi connectivity index (χ2n) is 11.5. The Morgan fingerprint density at radius 3 is 2.68 bits per heavy atom. The molecule has 0 aromatic heterocycles. The molecule has 0 N–H and O–H groups in total. The lowest BCUT2D eigenvalue weighted by Gasteiger charge is -2.49. The average molecular weight is 424 g/mol. The molecule has 3 saturated heterocycles. The highest BCUT2D eigenvalue weighted by Gasteiger charge is 2.78. The summed E-state index contributed by atoms with van der Waals surface area (Å²) in [6.45, 7) is 7.84. The molecule has 0 radical (unpaired) electrons. The lowest BCUT2D eigenvalue weighted by atomic mass is 9.53. The average Bonchev–Trinajstić information content (AvgIpc) is 3.45. The Morgan fingerprint density at radius 1 is 1.13 bits per heavy atom. The van der Waals surface area contributed by atoms with E-state index in [1.807, 2.05) is 0 Å². The van der Waals surface area contributed by atoms with Crippen molar-refractivity contribution in [3.8, 4) is 0 Å². The molecular weight excluding hydrogens is 386 g/mol. The van der Waals surface area contributed by atoms with E-state index in [2.05, 4.69) is 49.1 Å². The van der Waals surface area contributed by atoms with Crippen molar-refractivity contribution in [1.82, 2.24) is 4.90 Å². The van der Waals surface area contributed by atoms with Crippen LogP contribution in [0.1, 0.15) is 57.9 Å². The van der Waals surface area contributed by atoms with Crippen molar-refractivity contribution >= 4 is 5.97 Å². The maximum absolute atomic E-state index is 13.0. The van der Waals surface area contributed by atoms with Crippen molar-refractivity contribution < 1.29 is 14.3 Å². The fourth-order valence-corrected chi connectivity index (χ4v) is 8.04. The first kappa shape index (κ1) is 20.2. The Balaban J connectivity index is 1.11. The van der Waals surface area contributed by atoms with Crippen molar-refractivity contribution in [3.63, 3.8) is 0 Å². The SMILES string of the molecule is C[C@H]1CCC[C@]2(C)C[C@H]3OC(=O)C(CN4CCC(Cc5ccccc5)CC4)[C@H]3C3OC312. The maximum atomic E-state index is 13.0. The van der Waals surface area contributed by atoms with Crippen LogP contribution in [0.2, 0.25) is 0 Å². The number of fused-ring (bicyclic) bond motifs is 2. The number of carbonyl (C=O) groups is 1. The van der Waals surface area contributed by atoms with E-state index in [1.165, 1.54) is 44.1 Å². The highest BCUT2D eigenvalue weighted by atomic mass is 16.6. The topological polar surface area (TPSA) is 42.1 Å². The summed E-state index contributed by atoms with van der Waals surface area (Å²) < 4.78 is 12.6. The molecule has 5 fully saturated rings. The van der Waals surface area contributed by atoms with Crippen LogP contribution >= 0.6 is 0 Å². The predicted octanol–water partition coefficient (Wildman–Crippen LogP) is 4.47. The summed E-state index contributed by atoms with van der Waals surface area (Å²) in [6.07, 6.45) is 8.70. The van der Waals surface area contributed by atoms with Crippen molar-refractivity contribution in [2.45, 2.75) is 76.6 Å². The smallest absolute Gasteiger partial charge is 0.311 e. The summed E-state index contributed by atoms with van der Waals surface area (Å²) in [5.41, 5.74) is 1.65. The number of ether oxygens (including phenoxy) is 2. The Kier molecular flexibility index (Phi) is 4.77. The summed E-state index contributed by atoms with van der Waals surface area (Å²) in [5.74, 6) is 1.67. The van der Waals surface area contributed by atoms with Gasteiger partial charge in [-0.15, -0.1) is 0 Å². The van der Waals surface area contributed by atoms with Gasteiger partial charge in [-0.25, -0.2) is 0 Å². The van der Waals surface area contributed by atoms with Crippen molar-refractivity contribution in [2.24, 2.45) is 29.1 Å². The van der Waals surface area contributed by atoms with Crippen LogP contribution in [0.15, 0.2) is 30.3 Å². The Morgan fingerprint density at radius 2 is 1.90 bits per heavy atom. The number of hydrogen-bond donors (Lipinski definition) is 0. The van der Waals surface area contributed by atoms with Gasteiger partial charge in [0.15, 0.2) is 0 Å². The Labute approximate surface area is 186 Å². The number of rotatable bonds is 4. The van der Waals surface area contributed by atoms with Gasteiger partial charge in [-0.1, -0.05) is 50.6 Å². The number of benzene rings is 1. The van der Waals surface area contributed by atoms with E-state index in [0.29, 0.717) is 5.92 Å². The van der Waals surface area contributed by atoms with Crippen molar-refractivity contribution in [1.29, 1.82) is 0 Å². The number of carbonyl (C=O) groups excluding carboxylic acids is 1. The molecule has 3 unspecified atom stereocenters. The first-order valence-corrected chi connectivity index (χ1v) is 12.6. The minimum Gasteiger partial charge on any atom is -0.462 e. The van der Waals surface area contributed by atoms with Crippen LogP contribution < -0.4 is 0 Å². The quantitative estimate of drug-likeness (QED) is 0.529. The van der Waals surface area contributed by atoms with Gasteiger partial charge in [0.1, 0.15) is 11.7 Å². The fraction of sp³-hybridized carbons (Fsp3) is 0.741. The first-order valence-electron chi connectivity index (χ1n) is 12.6. The molecule has 168 valence electrons. The standard InChI is InChI=1S/C27H37NO3/c1-18-7-6-12-26(2)16-22-23(24-27(18,26)31-24)21(25(29)30-22)17-28-13-10-20(11-14-28)15-19-8-4-3-5-9-19/h3-5,8-9,18,20-24H,6-7,10-17H2,1-2H3/t18-,21?,22+,23+,24?,26+,27?/m0/s1. The number of hydrogen-bond acceptors (Lipinski definition) is 4. The number of epoxide rings is 1. The maximum Gasteiger partial charge on any atom is 0.311 e. The van der Waals surface area contributed by atoms with Gasteiger partial charge in [0.2, 0.25) is 0 Å². The molecule has 5 aliphatic rings. The van der Waals surface area contributed by atoms with Crippen molar-refractivity contribution in [3.05, 3.63) is 35.9 Å². The summed E-state index contributed by atoms with van der Waals surface area (Å²) in [4.78, 5) is 15.5. The zero-order valence-electron chi connectivity index (χ0n) is 19.1. The number of likely N-dealkylation sites (tertiary alicyclic amines) is 1. The normalized spacial score (nSPS) is 44.8. The van der Waals surface area contributed by atoms with Gasteiger partial charge in [0.25, 0.3) is 0 Å². The first-order chi connectivity index (χ1) is 15.0. The van der Waals surface area contributed by atoms with Gasteiger partial charge in [-0.3, -0.25) is 4.79 Å². The molecule has 3 aliphatic heterocycles. The molecule has 7 atom stereocenters. The number of nitrogens with zero attached hydrogens (tertiary/aromatic N) is 1. The van der Waals surface area contributed by atoms with Crippen LogP contribution in [0.5, 0.6) is 0 Å². The van der Waals surface area contributed by atoms with Gasteiger partial charge < -0.3 is 14.4 Å². The van der Waals surface area contributed by atoms with Crippen LogP contribution in [0.3, 0.4) is 0 Å². The minimum absolute atomic E-state index is 0.00118. The van der Waals surface area contributed by atoms with Gasteiger partial charge >= 0.3 is 5.97 Å². The van der Waals surface area contributed by atoms with E-state index in [0.717, 1.165) is 32.0 Å². The van der Waals surface area contributed by atoms with Crippen LogP contribution in [0.4, 0.5) is 0 Å². The van der Waals surface area contributed by atoms with Crippen LogP contribution in [0.25, 0.3) is 0 Å². The fourth-order valence-electron chi connectivity index (χ4n) is 8.04. The third-order valence-electron chi connectivity index (χ3n) is 9.72. The summed E-state index contributed by atoms with van der Waals surface area (Å²) in [7, 11) is 0. The molecule has 1 aromatic rings. The molecule has 31 heavy (non-hydrogen) atoms. The van der Waals surface area contributed by atoms with Crippen molar-refractivity contribution in [2.75, 3.05) is 19.6 Å². The molecule has 6 rings (SSSR count). The highest BCUT2D eigenvalue weighted by molar-refractivity contribution is 5.76. The number of piperidine rings is 1. The van der Waals surface area contributed by atoms with Crippen LogP contribution in [-0.4, -0.2) is 48.3 Å². The lowest BCUT2D eigenvalue weighted by molar-refractivity contribution is -0.146. The zero-order chi connectivity index (χ0) is 21.2. The Bertz CT molecular complexity index is 834. The minimum atomic E-state index is -0.00118. The van der Waals surface area contributed by atoms with E-state index in [-0.39, 0.29) is 41.0 Å². The molecule has 2 aliphatic carbocycles. The summed E-state index contributed by atoms with van der Waals surface area (Å²) in [5, 5.41) is 0.